The number of para-hydroxylation sites is 1. The van der Waals surface area contributed by atoms with Crippen molar-refractivity contribution >= 4 is 10.9 Å². The molecule has 4 heteroatoms. The second-order valence-corrected chi connectivity index (χ2v) is 11.8. The maximum atomic E-state index is 7.30. The minimum absolute atomic E-state index is 0.341. The van der Waals surface area contributed by atoms with Crippen LogP contribution in [-0.2, 0) is 6.42 Å². The molecule has 4 heterocycles. The van der Waals surface area contributed by atoms with E-state index in [2.05, 4.69) is 109 Å². The Labute approximate surface area is 248 Å². The lowest BCUT2D eigenvalue weighted by molar-refractivity contribution is -1.11. The van der Waals surface area contributed by atoms with Crippen molar-refractivity contribution in [2.45, 2.75) is 25.3 Å². The van der Waals surface area contributed by atoms with E-state index in [0.29, 0.717) is 22.5 Å². The zero-order valence-electron chi connectivity index (χ0n) is 24.2. The lowest BCUT2D eigenvalue weighted by atomic mass is 9.73. The molecule has 1 aromatic heterocycles. The number of pyridine rings is 1. The van der Waals surface area contributed by atoms with Gasteiger partial charge in [-0.05, 0) is 46.9 Å². The fourth-order valence-electron chi connectivity index (χ4n) is 7.37. The van der Waals surface area contributed by atoms with Gasteiger partial charge >= 0.3 is 0 Å². The number of ether oxygens (including phenoxy) is 1. The first-order valence-corrected chi connectivity index (χ1v) is 15.0. The van der Waals surface area contributed by atoms with Crippen LogP contribution >= 0.6 is 0 Å². The first kappa shape index (κ1) is 26.5. The van der Waals surface area contributed by atoms with E-state index in [1.165, 1.54) is 10.9 Å². The zero-order valence-corrected chi connectivity index (χ0v) is 24.2. The van der Waals surface area contributed by atoms with Gasteiger partial charge < -0.3 is 9.57 Å². The van der Waals surface area contributed by atoms with E-state index < -0.39 is 0 Å². The summed E-state index contributed by atoms with van der Waals surface area (Å²) in [6.45, 7) is 6.17. The van der Waals surface area contributed by atoms with Gasteiger partial charge in [-0.2, -0.15) is 0 Å². The van der Waals surface area contributed by atoms with Crippen LogP contribution in [0.1, 0.15) is 18.4 Å². The molecule has 0 amide bonds. The molecule has 4 atom stereocenters. The number of piperidine rings is 3. The third kappa shape index (κ3) is 4.76. The molecule has 210 valence electrons. The van der Waals surface area contributed by atoms with Gasteiger partial charge in [-0.25, -0.2) is 0 Å². The molecule has 0 saturated carbocycles. The topological polar surface area (TPSA) is 31.4 Å². The lowest BCUT2D eigenvalue weighted by Gasteiger charge is -2.54. The monoisotopic (exact) mass is 553 g/mol. The molecule has 4 unspecified atom stereocenters. The molecule has 3 saturated heterocycles. The summed E-state index contributed by atoms with van der Waals surface area (Å²) >= 11 is 0. The second-order valence-electron chi connectivity index (χ2n) is 11.8. The Morgan fingerprint density at radius 3 is 2.21 bits per heavy atom. The Morgan fingerprint density at radius 2 is 1.55 bits per heavy atom. The van der Waals surface area contributed by atoms with Crippen LogP contribution in [0, 0.1) is 11.8 Å². The number of aromatic nitrogens is 1. The number of fused-ring (bicyclic) bond motifs is 4. The molecule has 5 aromatic rings. The van der Waals surface area contributed by atoms with Crippen LogP contribution in [0.2, 0.25) is 0 Å². The molecule has 3 fully saturated rings. The maximum absolute atomic E-state index is 7.30. The van der Waals surface area contributed by atoms with E-state index in [9.17, 15) is 0 Å². The minimum Gasteiger partial charge on any atom is -0.495 e. The molecular weight excluding hydrogens is 516 g/mol. The zero-order chi connectivity index (χ0) is 28.5. The van der Waals surface area contributed by atoms with E-state index in [1.807, 2.05) is 18.3 Å². The smallest absolute Gasteiger partial charge is 0.191 e. The van der Waals surface area contributed by atoms with Crippen molar-refractivity contribution in [2.24, 2.45) is 11.8 Å². The molecular formula is C38H37N2O2+. The normalized spacial score (nSPS) is 23.0. The van der Waals surface area contributed by atoms with Crippen LogP contribution in [0.4, 0.5) is 0 Å². The molecule has 0 aliphatic carbocycles. The molecule has 0 spiro atoms. The third-order valence-electron chi connectivity index (χ3n) is 9.47. The van der Waals surface area contributed by atoms with Gasteiger partial charge in [0.2, 0.25) is 0 Å². The average molecular weight is 554 g/mol. The summed E-state index contributed by atoms with van der Waals surface area (Å²) in [5.74, 6) is 2.84. The highest BCUT2D eigenvalue weighted by Crippen LogP contribution is 2.47. The number of hydrogen-bond acceptors (Lipinski definition) is 3. The molecule has 4 nitrogen and oxygen atoms in total. The van der Waals surface area contributed by atoms with E-state index in [1.54, 1.807) is 7.11 Å². The number of benzene rings is 4. The Bertz CT molecular complexity index is 1650. The second kappa shape index (κ2) is 11.1. The summed E-state index contributed by atoms with van der Waals surface area (Å²) in [7, 11) is 1.76. The number of quaternary nitrogens is 1. The minimum atomic E-state index is 0.341. The molecule has 4 aromatic carbocycles. The van der Waals surface area contributed by atoms with Crippen molar-refractivity contribution in [2.75, 3.05) is 20.2 Å². The molecule has 42 heavy (non-hydrogen) atoms. The van der Waals surface area contributed by atoms with E-state index in [4.69, 9.17) is 9.57 Å². The SMILES string of the molecule is C=CC1C[N+]2(Oc3cc(-c4ccccc4)c(OC)c(-c4ccccc4)c3)CCC1CC2Cc1ccnc2ccccc12. The number of rotatable bonds is 8. The Balaban J connectivity index is 1.33. The molecule has 3 aliphatic heterocycles. The van der Waals surface area contributed by atoms with Crippen LogP contribution in [0.15, 0.2) is 122 Å². The summed E-state index contributed by atoms with van der Waals surface area (Å²) in [6.07, 6.45) is 7.35. The first-order chi connectivity index (χ1) is 20.7. The van der Waals surface area contributed by atoms with Crippen molar-refractivity contribution in [3.05, 3.63) is 128 Å². The lowest BCUT2D eigenvalue weighted by Crippen LogP contribution is -2.68. The van der Waals surface area contributed by atoms with Crippen molar-refractivity contribution in [1.29, 1.82) is 0 Å². The highest BCUT2D eigenvalue weighted by Gasteiger charge is 2.54. The molecule has 8 rings (SSSR count). The first-order valence-electron chi connectivity index (χ1n) is 15.0. The van der Waals surface area contributed by atoms with Crippen molar-refractivity contribution in [3.63, 3.8) is 0 Å². The van der Waals surface area contributed by atoms with Crippen LogP contribution in [0.25, 0.3) is 33.2 Å². The van der Waals surface area contributed by atoms with E-state index >= 15 is 0 Å². The van der Waals surface area contributed by atoms with Crippen molar-refractivity contribution in [1.82, 2.24) is 4.98 Å². The van der Waals surface area contributed by atoms with E-state index in [0.717, 1.165) is 71.6 Å². The number of hydrogen-bond donors (Lipinski definition) is 0. The Kier molecular flexibility index (Phi) is 7.01. The molecule has 0 radical (unpaired) electrons. The summed E-state index contributed by atoms with van der Waals surface area (Å²) in [5.41, 5.74) is 6.70. The highest BCUT2D eigenvalue weighted by atomic mass is 16.7. The average Bonchev–Trinajstić information content (AvgIpc) is 3.05. The summed E-state index contributed by atoms with van der Waals surface area (Å²) < 4.78 is 6.69. The van der Waals surface area contributed by atoms with Crippen LogP contribution in [-0.4, -0.2) is 35.9 Å². The van der Waals surface area contributed by atoms with Gasteiger partial charge in [0.15, 0.2) is 5.75 Å². The van der Waals surface area contributed by atoms with Gasteiger partial charge in [-0.1, -0.05) is 84.9 Å². The van der Waals surface area contributed by atoms with Gasteiger partial charge in [0.25, 0.3) is 0 Å². The van der Waals surface area contributed by atoms with Gasteiger partial charge in [-0.15, -0.1) is 11.2 Å². The predicted octanol–water partition coefficient (Wildman–Crippen LogP) is 8.53. The fraction of sp³-hybridized carbons (Fsp3) is 0.237. The predicted molar refractivity (Wildman–Crippen MR) is 170 cm³/mol. The van der Waals surface area contributed by atoms with Crippen molar-refractivity contribution in [3.8, 4) is 33.8 Å². The Morgan fingerprint density at radius 1 is 0.881 bits per heavy atom. The maximum Gasteiger partial charge on any atom is 0.191 e. The quantitative estimate of drug-likeness (QED) is 0.143. The van der Waals surface area contributed by atoms with Gasteiger partial charge in [-0.3, -0.25) is 4.98 Å². The van der Waals surface area contributed by atoms with Gasteiger partial charge in [0.05, 0.1) is 12.6 Å². The fourth-order valence-corrected chi connectivity index (χ4v) is 7.37. The summed E-state index contributed by atoms with van der Waals surface area (Å²) in [4.78, 5) is 11.9. The Hall–Kier alpha value is -4.41. The molecule has 0 N–H and O–H groups in total. The number of methoxy groups -OCH3 is 1. The number of nitrogens with zero attached hydrogens (tertiary/aromatic N) is 2. The summed E-state index contributed by atoms with van der Waals surface area (Å²) in [5, 5.41) is 1.24. The molecule has 2 bridgehead atoms. The largest absolute Gasteiger partial charge is 0.495 e. The van der Waals surface area contributed by atoms with E-state index in [-0.39, 0.29) is 0 Å². The number of hydroxylamine groups is 3. The van der Waals surface area contributed by atoms with Crippen LogP contribution < -0.4 is 9.57 Å². The van der Waals surface area contributed by atoms with Crippen molar-refractivity contribution < 1.29 is 14.2 Å². The van der Waals surface area contributed by atoms with Gasteiger partial charge in [0, 0.05) is 47.9 Å². The molecule has 3 aliphatic rings. The van der Waals surface area contributed by atoms with Crippen LogP contribution in [0.3, 0.4) is 0 Å². The third-order valence-corrected chi connectivity index (χ3v) is 9.47. The highest BCUT2D eigenvalue weighted by molar-refractivity contribution is 5.84. The summed E-state index contributed by atoms with van der Waals surface area (Å²) in [6, 6.07) is 36.3. The standard InChI is InChI=1S/C38H37N2O2/c1-3-27-26-40(21-19-30(27)22-32(40)23-31-18-20-39-37-17-11-10-16-34(31)37)42-33-24-35(28-12-6-4-7-13-28)38(41-2)36(25-33)29-14-8-5-9-15-29/h3-18,20,24-25,27,30,32H,1,19,21-23,26H2,2H3/q+1. The van der Waals surface area contributed by atoms with Gasteiger partial charge in [0.1, 0.15) is 24.9 Å². The van der Waals surface area contributed by atoms with Crippen LogP contribution in [0.5, 0.6) is 11.5 Å².